The molecule has 0 aromatic heterocycles. The second kappa shape index (κ2) is 15.1. The number of hydrogen-bond donors (Lipinski definition) is 0. The first-order valence-electron chi connectivity index (χ1n) is 14.1. The average molecular weight is 561 g/mol. The maximum atomic E-state index is 12.8. The lowest BCUT2D eigenvalue weighted by molar-refractivity contribution is -0.158. The number of cyclic esters (lactones) is 1. The molecule has 0 N–H and O–H groups in total. The van der Waals surface area contributed by atoms with E-state index in [4.69, 9.17) is 23.7 Å². The number of ether oxygens (including phenoxy) is 5. The van der Waals surface area contributed by atoms with E-state index in [1.807, 2.05) is 45.9 Å². The van der Waals surface area contributed by atoms with E-state index >= 15 is 0 Å². The summed E-state index contributed by atoms with van der Waals surface area (Å²) in [6, 6.07) is 5.26. The number of esters is 2. The number of rotatable bonds is 15. The number of benzene rings is 1. The van der Waals surface area contributed by atoms with Crippen LogP contribution in [0.4, 0.5) is 5.69 Å². The Morgan fingerprint density at radius 2 is 2.00 bits per heavy atom. The van der Waals surface area contributed by atoms with Crippen LogP contribution in [0.5, 0.6) is 5.75 Å². The number of methoxy groups -OCH3 is 2. The first kappa shape index (κ1) is 31.5. The molecular weight excluding hydrogens is 516 g/mol. The quantitative estimate of drug-likeness (QED) is 0.0953. The van der Waals surface area contributed by atoms with Crippen LogP contribution in [0.2, 0.25) is 0 Å². The van der Waals surface area contributed by atoms with Crippen molar-refractivity contribution < 1.29 is 33.3 Å². The molecule has 1 aromatic rings. The molecule has 0 saturated carbocycles. The van der Waals surface area contributed by atoms with Crippen molar-refractivity contribution in [2.45, 2.75) is 65.2 Å². The fraction of sp³-hybridized carbons (Fsp3) is 0.724. The highest BCUT2D eigenvalue weighted by Crippen LogP contribution is 2.42. The highest BCUT2D eigenvalue weighted by molar-refractivity contribution is 5.75. The molecule has 11 nitrogen and oxygen atoms in total. The molecule has 2 aliphatic rings. The lowest BCUT2D eigenvalue weighted by Crippen LogP contribution is -2.35. The maximum Gasteiger partial charge on any atom is 0.332 e. The molecule has 0 bridgehead atoms. The van der Waals surface area contributed by atoms with Crippen molar-refractivity contribution in [3.05, 3.63) is 34.2 Å². The van der Waals surface area contributed by atoms with Crippen LogP contribution in [-0.2, 0) is 28.5 Å². The van der Waals surface area contributed by atoms with Crippen molar-refractivity contribution in [2.75, 3.05) is 52.0 Å². The predicted molar refractivity (Wildman–Crippen MR) is 150 cm³/mol. The molecule has 0 spiro atoms. The molecule has 1 fully saturated rings. The van der Waals surface area contributed by atoms with E-state index in [1.165, 1.54) is 7.11 Å². The van der Waals surface area contributed by atoms with Crippen LogP contribution in [0.15, 0.2) is 23.3 Å². The molecule has 1 unspecified atom stereocenters. The van der Waals surface area contributed by atoms with Gasteiger partial charge in [-0.05, 0) is 54.3 Å². The highest BCUT2D eigenvalue weighted by atomic mass is 16.6. The van der Waals surface area contributed by atoms with Gasteiger partial charge in [0.25, 0.3) is 0 Å². The van der Waals surface area contributed by atoms with Crippen molar-refractivity contribution in [1.29, 1.82) is 0 Å². The van der Waals surface area contributed by atoms with Crippen LogP contribution < -0.4 is 9.64 Å². The Morgan fingerprint density at radius 3 is 2.62 bits per heavy atom. The Morgan fingerprint density at radius 1 is 1.23 bits per heavy atom. The van der Waals surface area contributed by atoms with E-state index in [-0.39, 0.29) is 36.2 Å². The van der Waals surface area contributed by atoms with Gasteiger partial charge in [-0.25, -0.2) is 4.79 Å². The summed E-state index contributed by atoms with van der Waals surface area (Å²) >= 11 is 0. The summed E-state index contributed by atoms with van der Waals surface area (Å²) in [6.45, 7) is 10.7. The minimum atomic E-state index is -0.648. The summed E-state index contributed by atoms with van der Waals surface area (Å²) in [5.74, 6) is -0.282. The van der Waals surface area contributed by atoms with E-state index in [0.29, 0.717) is 26.1 Å². The summed E-state index contributed by atoms with van der Waals surface area (Å²) in [6.07, 6.45) is 0.559. The van der Waals surface area contributed by atoms with Crippen molar-refractivity contribution in [3.63, 3.8) is 0 Å². The monoisotopic (exact) mass is 560 g/mol. The van der Waals surface area contributed by atoms with Gasteiger partial charge < -0.3 is 28.6 Å². The third-order valence-electron chi connectivity index (χ3n) is 7.82. The number of azide groups is 1. The van der Waals surface area contributed by atoms with Gasteiger partial charge in [0, 0.05) is 38.2 Å². The van der Waals surface area contributed by atoms with E-state index in [2.05, 4.69) is 14.9 Å². The molecule has 0 radical (unpaired) electrons. The summed E-state index contributed by atoms with van der Waals surface area (Å²) in [5, 5.41) is 4.07. The fourth-order valence-corrected chi connectivity index (χ4v) is 5.57. The molecule has 40 heavy (non-hydrogen) atoms. The van der Waals surface area contributed by atoms with E-state index < -0.39 is 24.2 Å². The summed E-state index contributed by atoms with van der Waals surface area (Å²) in [4.78, 5) is 30.6. The number of carbonyl (C=O) groups is 2. The molecule has 0 amide bonds. The van der Waals surface area contributed by atoms with Crippen LogP contribution in [0.25, 0.3) is 10.4 Å². The molecule has 222 valence electrons. The summed E-state index contributed by atoms with van der Waals surface area (Å²) in [7, 11) is 3.14. The lowest BCUT2D eigenvalue weighted by atomic mass is 9.79. The van der Waals surface area contributed by atoms with E-state index in [1.54, 1.807) is 7.11 Å². The minimum absolute atomic E-state index is 0.0415. The Hall–Kier alpha value is -3.01. The molecule has 0 aliphatic carbocycles. The average Bonchev–Trinajstić information content (AvgIpc) is 3.31. The number of carbonyl (C=O) groups excluding carboxylic acids is 2. The lowest BCUT2D eigenvalue weighted by Gasteiger charge is -2.35. The predicted octanol–water partition coefficient (Wildman–Crippen LogP) is 5.08. The zero-order valence-electron chi connectivity index (χ0n) is 24.6. The SMILES string of the molecule is COCCCN1CCOc2ccc([C@@H](OC(=O)COC)C(C[C@H](N=[N+]=[N-])[C@@H]3C[C@@H](C(C)C)C(=O)O3)C(C)C)cc21. The number of nitrogens with zero attached hydrogens (tertiary/aromatic N) is 4. The maximum absolute atomic E-state index is 12.8. The van der Waals surface area contributed by atoms with Gasteiger partial charge in [-0.2, -0.15) is 0 Å². The zero-order chi connectivity index (χ0) is 29.2. The van der Waals surface area contributed by atoms with Crippen molar-refractivity contribution >= 4 is 17.6 Å². The highest BCUT2D eigenvalue weighted by Gasteiger charge is 2.42. The third-order valence-corrected chi connectivity index (χ3v) is 7.82. The minimum Gasteiger partial charge on any atom is -0.490 e. The number of fused-ring (bicyclic) bond motifs is 1. The Labute approximate surface area is 237 Å². The van der Waals surface area contributed by atoms with E-state index in [9.17, 15) is 15.1 Å². The van der Waals surface area contributed by atoms with Gasteiger partial charge in [0.05, 0.1) is 24.2 Å². The van der Waals surface area contributed by atoms with Gasteiger partial charge in [-0.3, -0.25) is 4.79 Å². The summed E-state index contributed by atoms with van der Waals surface area (Å²) < 4.78 is 28.0. The molecule has 2 heterocycles. The first-order chi connectivity index (χ1) is 19.2. The largest absolute Gasteiger partial charge is 0.490 e. The van der Waals surface area contributed by atoms with Gasteiger partial charge in [0.2, 0.25) is 0 Å². The smallest absolute Gasteiger partial charge is 0.332 e. The van der Waals surface area contributed by atoms with Crippen LogP contribution >= 0.6 is 0 Å². The molecule has 1 saturated heterocycles. The normalized spacial score (nSPS) is 20.8. The van der Waals surface area contributed by atoms with Crippen molar-refractivity contribution in [2.24, 2.45) is 28.8 Å². The topological polar surface area (TPSA) is 132 Å². The second-order valence-electron chi connectivity index (χ2n) is 11.2. The van der Waals surface area contributed by atoms with Gasteiger partial charge in [-0.15, -0.1) is 0 Å². The van der Waals surface area contributed by atoms with Crippen LogP contribution in [0, 0.1) is 23.7 Å². The standard InChI is InChI=1S/C29H44N4O7/c1-18(2)21(15-23(31-32-30)26-16-22(19(3)4)29(35)39-26)28(40-27(34)17-37-6)20-8-9-25-24(14-20)33(11-13-38-25)10-7-12-36-5/h8-9,14,18-19,21-23,26,28H,7,10-13,15-17H2,1-6H3/t21?,22-,23-,26-,28+/m0/s1. The second-order valence-corrected chi connectivity index (χ2v) is 11.2. The first-order valence-corrected chi connectivity index (χ1v) is 14.1. The van der Waals surface area contributed by atoms with Gasteiger partial charge in [-0.1, -0.05) is 38.9 Å². The summed E-state index contributed by atoms with van der Waals surface area (Å²) in [5.41, 5.74) is 11.1. The van der Waals surface area contributed by atoms with Crippen LogP contribution in [-0.4, -0.2) is 71.2 Å². The fourth-order valence-electron chi connectivity index (χ4n) is 5.57. The van der Waals surface area contributed by atoms with Crippen molar-refractivity contribution in [1.82, 2.24) is 0 Å². The van der Waals surface area contributed by atoms with Gasteiger partial charge >= 0.3 is 11.9 Å². The third kappa shape index (κ3) is 8.02. The molecule has 11 heteroatoms. The van der Waals surface area contributed by atoms with Crippen LogP contribution in [0.1, 0.15) is 58.6 Å². The van der Waals surface area contributed by atoms with Crippen LogP contribution in [0.3, 0.4) is 0 Å². The molecule has 1 aromatic carbocycles. The number of hydrogen-bond acceptors (Lipinski definition) is 9. The van der Waals surface area contributed by atoms with Gasteiger partial charge in [0.1, 0.15) is 31.2 Å². The van der Waals surface area contributed by atoms with Gasteiger partial charge in [0.15, 0.2) is 0 Å². The number of anilines is 1. The molecular formula is C29H44N4O7. The van der Waals surface area contributed by atoms with Crippen molar-refractivity contribution in [3.8, 4) is 5.75 Å². The molecule has 3 rings (SSSR count). The molecule has 2 aliphatic heterocycles. The Bertz CT molecular complexity index is 1040. The zero-order valence-corrected chi connectivity index (χ0v) is 24.6. The molecule has 5 atom stereocenters. The van der Waals surface area contributed by atoms with E-state index in [0.717, 1.165) is 36.5 Å². The Kier molecular flexibility index (Phi) is 11.9. The Balaban J connectivity index is 1.96.